The van der Waals surface area contributed by atoms with Crippen LogP contribution in [0.2, 0.25) is 0 Å². The van der Waals surface area contributed by atoms with Gasteiger partial charge in [0.25, 0.3) is 0 Å². The molecular weight excluding hydrogens is 544 g/mol. The van der Waals surface area contributed by atoms with Crippen LogP contribution in [0.1, 0.15) is 61.8 Å². The largest absolute Gasteiger partial charge is 0.345 e. The second-order valence-electron chi connectivity index (χ2n) is 6.14. The molecule has 0 heterocycles. The van der Waals surface area contributed by atoms with Gasteiger partial charge in [0.1, 0.15) is 11.6 Å². The van der Waals surface area contributed by atoms with Crippen LogP contribution in [-0.2, 0) is 36.9 Å². The molecule has 0 radical (unpaired) electrons. The van der Waals surface area contributed by atoms with Crippen LogP contribution < -0.4 is 0 Å². The van der Waals surface area contributed by atoms with E-state index < -0.39 is 29.9 Å². The molecule has 35 heavy (non-hydrogen) atoms. The Bertz CT molecular complexity index is 557. The number of hydrogen-bond donors (Lipinski definition) is 4. The maximum absolute atomic E-state index is 10.0. The molecule has 0 fully saturated rings. The number of carbonyl (C=O) groups is 2. The van der Waals surface area contributed by atoms with Crippen molar-refractivity contribution in [1.82, 2.24) is 0 Å². The minimum atomic E-state index is -3.15. The molecule has 16 heteroatoms. The first-order valence-electron chi connectivity index (χ1n) is 10.5. The first-order chi connectivity index (χ1) is 15.2. The lowest BCUT2D eigenvalue weighted by Crippen LogP contribution is -1.97. The smallest absolute Gasteiger partial charge is 0.324 e. The average molecular weight is 599 g/mol. The van der Waals surface area contributed by atoms with E-state index in [2.05, 4.69) is 9.05 Å². The third kappa shape index (κ3) is 347. The Morgan fingerprint density at radius 2 is 0.629 bits per heavy atom. The summed E-state index contributed by atoms with van der Waals surface area (Å²) < 4.78 is 47.5. The summed E-state index contributed by atoms with van der Waals surface area (Å²) in [6, 6.07) is 0. The van der Waals surface area contributed by atoms with Gasteiger partial charge >= 0.3 is 15.2 Å². The monoisotopic (exact) mass is 598 g/mol. The molecule has 0 saturated heterocycles. The molecule has 0 spiro atoms. The quantitative estimate of drug-likeness (QED) is 0.232. The van der Waals surface area contributed by atoms with Crippen molar-refractivity contribution in [3.8, 4) is 0 Å². The van der Waals surface area contributed by atoms with E-state index in [0.29, 0.717) is 0 Å². The highest BCUT2D eigenvalue weighted by atomic mass is 31.2. The number of ketones is 2. The van der Waals surface area contributed by atoms with Gasteiger partial charge in [-0.2, -0.15) is 0 Å². The Hall–Kier alpha value is 0.0200. The van der Waals surface area contributed by atoms with Gasteiger partial charge < -0.3 is 28.6 Å². The molecular formula is C19H54O12P4. The van der Waals surface area contributed by atoms with Gasteiger partial charge in [0.15, 0.2) is 14.7 Å². The maximum Gasteiger partial charge on any atom is 0.324 e. The molecule has 4 N–H and O–H groups in total. The van der Waals surface area contributed by atoms with Crippen molar-refractivity contribution in [3.63, 3.8) is 0 Å². The predicted octanol–water partition coefficient (Wildman–Crippen LogP) is 5.56. The normalized spacial score (nSPS) is 12.3. The first kappa shape index (κ1) is 55.5. The van der Waals surface area contributed by atoms with E-state index in [1.54, 1.807) is 0 Å². The van der Waals surface area contributed by atoms with Gasteiger partial charge in [-0.05, 0) is 13.8 Å². The fourth-order valence-corrected chi connectivity index (χ4v) is 0.351. The standard InChI is InChI=1S/C5H8O2.2C2H7O3P.2C2H7O2P.3C2H6/c1-4(6)3-5(2)7;2*1-5-6(2,3)4;2*1-5(2,3)4;3*1-2/h3H2,1-2H3;2*1-2H3,(H,3,4);2*1-2H3,(H,3,4);3*1-2H3. The van der Waals surface area contributed by atoms with E-state index in [9.17, 15) is 27.8 Å². The molecule has 222 valence electrons. The van der Waals surface area contributed by atoms with E-state index in [-0.39, 0.29) is 18.0 Å². The summed E-state index contributed by atoms with van der Waals surface area (Å²) in [5.74, 6) is -0.125. The molecule has 0 saturated carbocycles. The minimum absolute atomic E-state index is 0.0625. The number of hydrogen-bond acceptors (Lipinski definition) is 8. The highest BCUT2D eigenvalue weighted by Crippen LogP contribution is 2.34. The highest BCUT2D eigenvalue weighted by molar-refractivity contribution is 7.56. The number of Topliss-reactive ketones (excluding diaryl/α,β-unsaturated/α-hetero) is 2. The Kier molecular flexibility index (Phi) is 54.0. The fraction of sp³-hybridized carbons (Fsp3) is 0.895. The lowest BCUT2D eigenvalue weighted by atomic mass is 10.2. The van der Waals surface area contributed by atoms with Crippen LogP contribution >= 0.6 is 29.9 Å². The van der Waals surface area contributed by atoms with Gasteiger partial charge in [0.2, 0.25) is 0 Å². The van der Waals surface area contributed by atoms with E-state index in [0.717, 1.165) is 13.3 Å². The van der Waals surface area contributed by atoms with Crippen molar-refractivity contribution < 1.29 is 56.5 Å². The van der Waals surface area contributed by atoms with Gasteiger partial charge in [-0.1, -0.05) is 41.5 Å². The summed E-state index contributed by atoms with van der Waals surface area (Å²) in [4.78, 5) is 52.5. The molecule has 0 aromatic carbocycles. The second kappa shape index (κ2) is 34.0. The third-order valence-electron chi connectivity index (χ3n) is 1.18. The summed E-state index contributed by atoms with van der Waals surface area (Å²) >= 11 is 0. The number of rotatable bonds is 4. The van der Waals surface area contributed by atoms with E-state index >= 15 is 0 Å². The van der Waals surface area contributed by atoms with Crippen molar-refractivity contribution >= 4 is 41.5 Å². The Labute approximate surface area is 214 Å². The molecule has 0 aliphatic carbocycles. The topological polar surface area (TPSA) is 202 Å². The zero-order chi connectivity index (χ0) is 31.3. The van der Waals surface area contributed by atoms with Crippen molar-refractivity contribution in [2.24, 2.45) is 0 Å². The van der Waals surface area contributed by atoms with Crippen molar-refractivity contribution in [2.75, 3.05) is 54.2 Å². The van der Waals surface area contributed by atoms with Gasteiger partial charge in [-0.25, -0.2) is 0 Å². The van der Waals surface area contributed by atoms with Crippen molar-refractivity contribution in [3.05, 3.63) is 0 Å². The molecule has 0 aromatic rings. The molecule has 0 aromatic heterocycles. The minimum Gasteiger partial charge on any atom is -0.345 e. The van der Waals surface area contributed by atoms with Crippen LogP contribution in [-0.4, -0.2) is 85.3 Å². The summed E-state index contributed by atoms with van der Waals surface area (Å²) in [6.07, 6.45) is 0.0833. The molecule has 0 aliphatic rings. The summed E-state index contributed by atoms with van der Waals surface area (Å²) in [7, 11) is -9.18. The Balaban J connectivity index is -0.0000000413. The Morgan fingerprint density at radius 1 is 0.543 bits per heavy atom. The van der Waals surface area contributed by atoms with Crippen LogP contribution in [0, 0.1) is 0 Å². The predicted molar refractivity (Wildman–Crippen MR) is 149 cm³/mol. The van der Waals surface area contributed by atoms with Crippen LogP contribution in [0.5, 0.6) is 0 Å². The van der Waals surface area contributed by atoms with Crippen LogP contribution in [0.3, 0.4) is 0 Å². The van der Waals surface area contributed by atoms with Crippen molar-refractivity contribution in [1.29, 1.82) is 0 Å². The fourth-order valence-electron chi connectivity index (χ4n) is 0.351. The SMILES string of the molecule is CC.CC.CC.CC(=O)CC(C)=O.COP(C)(=O)O.COP(C)(=O)O.CP(C)(=O)O.CP(C)(=O)O. The molecule has 0 amide bonds. The number of carbonyl (C=O) groups excluding carboxylic acids is 2. The van der Waals surface area contributed by atoms with Crippen LogP contribution in [0.4, 0.5) is 0 Å². The molecule has 2 unspecified atom stereocenters. The van der Waals surface area contributed by atoms with Crippen molar-refractivity contribution in [2.45, 2.75) is 61.8 Å². The molecule has 0 bridgehead atoms. The summed E-state index contributed by atoms with van der Waals surface area (Å²) in [6.45, 7) is 22.3. The van der Waals surface area contributed by atoms with E-state index in [1.165, 1.54) is 54.7 Å². The van der Waals surface area contributed by atoms with E-state index in [1.807, 2.05) is 41.5 Å². The summed E-state index contributed by atoms with van der Waals surface area (Å²) in [5.41, 5.74) is 0. The zero-order valence-electron chi connectivity index (χ0n) is 24.6. The van der Waals surface area contributed by atoms with Gasteiger partial charge in [-0.15, -0.1) is 0 Å². The van der Waals surface area contributed by atoms with Crippen LogP contribution in [0.15, 0.2) is 0 Å². The van der Waals surface area contributed by atoms with E-state index in [4.69, 9.17) is 19.6 Å². The lowest BCUT2D eigenvalue weighted by molar-refractivity contribution is -0.124. The van der Waals surface area contributed by atoms with Gasteiger partial charge in [0.05, 0.1) is 6.42 Å². The molecule has 0 aliphatic heterocycles. The highest BCUT2D eigenvalue weighted by Gasteiger charge is 2.03. The van der Waals surface area contributed by atoms with Gasteiger partial charge in [0, 0.05) is 54.2 Å². The molecule has 2 atom stereocenters. The van der Waals surface area contributed by atoms with Gasteiger partial charge in [-0.3, -0.25) is 27.8 Å². The lowest BCUT2D eigenvalue weighted by Gasteiger charge is -1.96. The maximum atomic E-state index is 10.0. The zero-order valence-corrected chi connectivity index (χ0v) is 28.1. The molecule has 0 rings (SSSR count). The average Bonchev–Trinajstić information content (AvgIpc) is 2.63. The third-order valence-corrected chi connectivity index (χ3v) is 2.53. The summed E-state index contributed by atoms with van der Waals surface area (Å²) in [5, 5.41) is 0. The first-order valence-corrected chi connectivity index (χ1v) is 19.7. The molecule has 12 nitrogen and oxygen atoms in total. The second-order valence-corrected chi connectivity index (χ2v) is 15.3. The van der Waals surface area contributed by atoms with Crippen LogP contribution in [0.25, 0.3) is 0 Å². The Morgan fingerprint density at radius 3 is 0.629 bits per heavy atom.